The number of carbonyl (C=O) groups is 1. The minimum atomic E-state index is -0.317. The number of carbonyl (C=O) groups excluding carboxylic acids is 1. The first-order valence-corrected chi connectivity index (χ1v) is 10.2. The molecule has 2 N–H and O–H groups in total. The number of nitrogens with one attached hydrogen (secondary N) is 2. The minimum absolute atomic E-state index is 0.0413. The van der Waals surface area contributed by atoms with Gasteiger partial charge in [-0.15, -0.1) is 0 Å². The van der Waals surface area contributed by atoms with Crippen LogP contribution in [-0.4, -0.2) is 18.7 Å². The summed E-state index contributed by atoms with van der Waals surface area (Å²) in [5.41, 5.74) is 4.50. The van der Waals surface area contributed by atoms with E-state index in [4.69, 9.17) is 9.47 Å². The molecule has 3 aromatic carbocycles. The molecule has 4 rings (SSSR count). The molecule has 0 saturated carbocycles. The number of hydrogen-bond donors (Lipinski definition) is 2. The second kappa shape index (κ2) is 9.01. The maximum atomic E-state index is 12.5. The van der Waals surface area contributed by atoms with Crippen LogP contribution in [0.3, 0.4) is 0 Å². The third kappa shape index (κ3) is 4.63. The van der Waals surface area contributed by atoms with Gasteiger partial charge in [-0.05, 0) is 48.2 Å². The Morgan fingerprint density at radius 2 is 1.60 bits per heavy atom. The van der Waals surface area contributed by atoms with E-state index in [1.165, 1.54) is 11.1 Å². The third-order valence-electron chi connectivity index (χ3n) is 5.31. The molecule has 30 heavy (non-hydrogen) atoms. The van der Waals surface area contributed by atoms with Crippen molar-refractivity contribution in [3.05, 3.63) is 83.9 Å². The van der Waals surface area contributed by atoms with E-state index in [-0.39, 0.29) is 24.8 Å². The van der Waals surface area contributed by atoms with Gasteiger partial charge in [0.15, 0.2) is 11.5 Å². The highest BCUT2D eigenvalue weighted by atomic mass is 16.7. The van der Waals surface area contributed by atoms with Crippen LogP contribution in [0, 0.1) is 0 Å². The van der Waals surface area contributed by atoms with Crippen LogP contribution < -0.4 is 20.1 Å². The van der Waals surface area contributed by atoms with Gasteiger partial charge in [-0.1, -0.05) is 60.7 Å². The van der Waals surface area contributed by atoms with Crippen LogP contribution >= 0.6 is 0 Å². The highest BCUT2D eigenvalue weighted by Crippen LogP contribution is 2.32. The van der Waals surface area contributed by atoms with Crippen molar-refractivity contribution >= 4 is 5.91 Å². The molecule has 1 aliphatic heterocycles. The molecule has 0 spiro atoms. The fourth-order valence-electron chi connectivity index (χ4n) is 3.53. The molecule has 0 aromatic heterocycles. The summed E-state index contributed by atoms with van der Waals surface area (Å²) in [6, 6.07) is 24.2. The first-order valence-electron chi connectivity index (χ1n) is 10.2. The topological polar surface area (TPSA) is 59.6 Å². The Hall–Kier alpha value is -3.31. The van der Waals surface area contributed by atoms with Crippen molar-refractivity contribution in [2.24, 2.45) is 0 Å². The van der Waals surface area contributed by atoms with Gasteiger partial charge in [0.05, 0.1) is 6.04 Å². The van der Waals surface area contributed by atoms with Crippen molar-refractivity contribution in [3.63, 3.8) is 0 Å². The van der Waals surface area contributed by atoms with Gasteiger partial charge in [-0.2, -0.15) is 0 Å². The summed E-state index contributed by atoms with van der Waals surface area (Å²) < 4.78 is 10.7. The first kappa shape index (κ1) is 20.0. The Morgan fingerprint density at radius 1 is 0.900 bits per heavy atom. The monoisotopic (exact) mass is 402 g/mol. The van der Waals surface area contributed by atoms with Crippen LogP contribution in [-0.2, 0) is 11.3 Å². The fourth-order valence-corrected chi connectivity index (χ4v) is 3.53. The number of hydrogen-bond acceptors (Lipinski definition) is 4. The minimum Gasteiger partial charge on any atom is -0.454 e. The lowest BCUT2D eigenvalue weighted by Gasteiger charge is -2.20. The van der Waals surface area contributed by atoms with E-state index >= 15 is 0 Å². The van der Waals surface area contributed by atoms with Gasteiger partial charge >= 0.3 is 0 Å². The molecule has 2 atom stereocenters. The quantitative estimate of drug-likeness (QED) is 0.614. The number of benzene rings is 3. The second-order valence-electron chi connectivity index (χ2n) is 7.50. The standard InChI is InChI=1S/C25H26N2O3/c1-17(20-9-11-22(12-10-20)21-6-4-3-5-7-21)27-18(2)25(28)26-15-19-8-13-23-24(14-19)30-16-29-23/h3-14,17-18,27H,15-16H2,1-2H3,(H,26,28)/t17-,18+/m1/s1. The van der Waals surface area contributed by atoms with Crippen LogP contribution in [0.4, 0.5) is 0 Å². The Morgan fingerprint density at radius 3 is 2.37 bits per heavy atom. The van der Waals surface area contributed by atoms with Gasteiger partial charge in [0.25, 0.3) is 0 Å². The predicted octanol–water partition coefficient (Wildman–Crippen LogP) is 4.44. The lowest BCUT2D eigenvalue weighted by molar-refractivity contribution is -0.123. The first-order chi connectivity index (χ1) is 14.6. The van der Waals surface area contributed by atoms with Crippen molar-refractivity contribution in [1.82, 2.24) is 10.6 Å². The number of ether oxygens (including phenoxy) is 2. The summed E-state index contributed by atoms with van der Waals surface area (Å²) in [6.45, 7) is 4.64. The van der Waals surface area contributed by atoms with E-state index in [2.05, 4.69) is 54.0 Å². The summed E-state index contributed by atoms with van der Waals surface area (Å²) >= 11 is 0. The van der Waals surface area contributed by atoms with Crippen LogP contribution in [0.5, 0.6) is 11.5 Å². The van der Waals surface area contributed by atoms with Crippen molar-refractivity contribution < 1.29 is 14.3 Å². The molecule has 0 aliphatic carbocycles. The van der Waals surface area contributed by atoms with Crippen molar-refractivity contribution in [2.75, 3.05) is 6.79 Å². The van der Waals surface area contributed by atoms with Gasteiger partial charge in [0.1, 0.15) is 0 Å². The molecule has 1 heterocycles. The molecule has 1 aliphatic rings. The molecular weight excluding hydrogens is 376 g/mol. The molecule has 5 nitrogen and oxygen atoms in total. The summed E-state index contributed by atoms with van der Waals surface area (Å²) in [6.07, 6.45) is 0. The maximum Gasteiger partial charge on any atom is 0.237 e. The average molecular weight is 402 g/mol. The third-order valence-corrected chi connectivity index (χ3v) is 5.31. The zero-order valence-electron chi connectivity index (χ0n) is 17.2. The lowest BCUT2D eigenvalue weighted by atomic mass is 10.0. The van der Waals surface area contributed by atoms with E-state index in [0.717, 1.165) is 22.6 Å². The second-order valence-corrected chi connectivity index (χ2v) is 7.50. The highest BCUT2D eigenvalue weighted by Gasteiger charge is 2.17. The zero-order chi connectivity index (χ0) is 20.9. The van der Waals surface area contributed by atoms with E-state index in [1.54, 1.807) is 0 Å². The van der Waals surface area contributed by atoms with Crippen LogP contribution in [0.2, 0.25) is 0 Å². The van der Waals surface area contributed by atoms with Crippen LogP contribution in [0.15, 0.2) is 72.8 Å². The van der Waals surface area contributed by atoms with Gasteiger partial charge in [-0.3, -0.25) is 10.1 Å². The van der Waals surface area contributed by atoms with E-state index < -0.39 is 0 Å². The highest BCUT2D eigenvalue weighted by molar-refractivity contribution is 5.81. The molecule has 3 aromatic rings. The summed E-state index contributed by atoms with van der Waals surface area (Å²) in [5, 5.41) is 6.36. The van der Waals surface area contributed by atoms with Crippen molar-refractivity contribution in [2.45, 2.75) is 32.5 Å². The molecular formula is C25H26N2O3. The SMILES string of the molecule is C[C@H](N[C@H](C)c1ccc(-c2ccccc2)cc1)C(=O)NCc1ccc2c(c1)OCO2. The van der Waals surface area contributed by atoms with Crippen LogP contribution in [0.25, 0.3) is 11.1 Å². The molecule has 0 radical (unpaired) electrons. The van der Waals surface area contributed by atoms with E-state index in [1.807, 2.05) is 43.3 Å². The van der Waals surface area contributed by atoms with Gasteiger partial charge < -0.3 is 14.8 Å². The Kier molecular flexibility index (Phi) is 6.00. The Labute approximate surface area is 177 Å². The summed E-state index contributed by atoms with van der Waals surface area (Å²) in [7, 11) is 0. The average Bonchev–Trinajstić information content (AvgIpc) is 3.26. The van der Waals surface area contributed by atoms with E-state index in [0.29, 0.717) is 6.54 Å². The number of rotatable bonds is 7. The van der Waals surface area contributed by atoms with E-state index in [9.17, 15) is 4.79 Å². The largest absolute Gasteiger partial charge is 0.454 e. The maximum absolute atomic E-state index is 12.5. The number of amides is 1. The molecule has 1 amide bonds. The predicted molar refractivity (Wildman–Crippen MR) is 117 cm³/mol. The summed E-state index contributed by atoms with van der Waals surface area (Å²) in [4.78, 5) is 12.5. The van der Waals surface area contributed by atoms with Crippen LogP contribution in [0.1, 0.15) is 31.0 Å². The fraction of sp³-hybridized carbons (Fsp3) is 0.240. The lowest BCUT2D eigenvalue weighted by Crippen LogP contribution is -2.42. The van der Waals surface area contributed by atoms with Crippen molar-refractivity contribution in [3.8, 4) is 22.6 Å². The Balaban J connectivity index is 1.30. The smallest absolute Gasteiger partial charge is 0.237 e. The Bertz CT molecular complexity index is 1000. The molecule has 5 heteroatoms. The zero-order valence-corrected chi connectivity index (χ0v) is 17.2. The van der Waals surface area contributed by atoms with Crippen molar-refractivity contribution in [1.29, 1.82) is 0 Å². The molecule has 154 valence electrons. The number of fused-ring (bicyclic) bond motifs is 1. The molecule has 0 bridgehead atoms. The molecule has 0 saturated heterocycles. The van der Waals surface area contributed by atoms with Gasteiger partial charge in [0, 0.05) is 12.6 Å². The summed E-state index contributed by atoms with van der Waals surface area (Å²) in [5.74, 6) is 1.42. The van der Waals surface area contributed by atoms with Gasteiger partial charge in [0.2, 0.25) is 12.7 Å². The van der Waals surface area contributed by atoms with Gasteiger partial charge in [-0.25, -0.2) is 0 Å². The molecule has 0 unspecified atom stereocenters. The molecule has 0 fully saturated rings. The normalized spacial score (nSPS) is 14.2.